The van der Waals surface area contributed by atoms with Gasteiger partial charge in [0.25, 0.3) is 0 Å². The highest BCUT2D eigenvalue weighted by Gasteiger charge is 2.38. The molecule has 0 aromatic carbocycles. The van der Waals surface area contributed by atoms with E-state index in [9.17, 15) is 0 Å². The minimum atomic E-state index is -1.64. The van der Waals surface area contributed by atoms with E-state index in [-0.39, 0.29) is 5.04 Å². The van der Waals surface area contributed by atoms with Crippen LogP contribution in [-0.4, -0.2) is 14.4 Å². The molecule has 100 valence electrons. The first-order valence-electron chi connectivity index (χ1n) is 6.64. The summed E-state index contributed by atoms with van der Waals surface area (Å²) < 4.78 is 6.42. The standard InChI is InChI=1S/C15H30OSi/c1-8-10-11-13-14(12-9-2)16-17(6,7)15(3,4)5/h8-10,14H,2,11-13H2,1,3-7H3/b10-8+. The Morgan fingerprint density at radius 1 is 1.29 bits per heavy atom. The molecule has 17 heavy (non-hydrogen) atoms. The topological polar surface area (TPSA) is 9.23 Å². The van der Waals surface area contributed by atoms with Crippen LogP contribution in [0, 0.1) is 0 Å². The Kier molecular flexibility index (Phi) is 7.03. The van der Waals surface area contributed by atoms with Gasteiger partial charge in [-0.1, -0.05) is 39.0 Å². The van der Waals surface area contributed by atoms with Crippen LogP contribution >= 0.6 is 0 Å². The summed E-state index contributed by atoms with van der Waals surface area (Å²) in [4.78, 5) is 0. The first-order chi connectivity index (χ1) is 7.74. The average Bonchev–Trinajstić information content (AvgIpc) is 2.16. The van der Waals surface area contributed by atoms with Gasteiger partial charge in [-0.05, 0) is 44.3 Å². The zero-order chi connectivity index (χ0) is 13.5. The van der Waals surface area contributed by atoms with Crippen molar-refractivity contribution < 1.29 is 4.43 Å². The average molecular weight is 254 g/mol. The lowest BCUT2D eigenvalue weighted by Crippen LogP contribution is -2.43. The summed E-state index contributed by atoms with van der Waals surface area (Å²) in [5.74, 6) is 0. The van der Waals surface area contributed by atoms with Crippen LogP contribution in [0.4, 0.5) is 0 Å². The summed E-state index contributed by atoms with van der Waals surface area (Å²) in [6.45, 7) is 17.4. The van der Waals surface area contributed by atoms with Crippen LogP contribution < -0.4 is 0 Å². The van der Waals surface area contributed by atoms with Gasteiger partial charge in [0.1, 0.15) is 0 Å². The molecule has 0 amide bonds. The van der Waals surface area contributed by atoms with Crippen LogP contribution in [0.3, 0.4) is 0 Å². The van der Waals surface area contributed by atoms with E-state index in [4.69, 9.17) is 4.43 Å². The summed E-state index contributed by atoms with van der Waals surface area (Å²) in [6, 6.07) is 0. The van der Waals surface area contributed by atoms with Crippen molar-refractivity contribution in [3.8, 4) is 0 Å². The van der Waals surface area contributed by atoms with Crippen molar-refractivity contribution in [2.24, 2.45) is 0 Å². The smallest absolute Gasteiger partial charge is 0.192 e. The van der Waals surface area contributed by atoms with E-state index in [1.54, 1.807) is 0 Å². The normalized spacial score (nSPS) is 15.2. The van der Waals surface area contributed by atoms with E-state index in [1.807, 2.05) is 6.08 Å². The Balaban J connectivity index is 4.47. The fourth-order valence-electron chi connectivity index (χ4n) is 1.45. The van der Waals surface area contributed by atoms with Gasteiger partial charge in [0, 0.05) is 6.10 Å². The van der Waals surface area contributed by atoms with E-state index in [2.05, 4.69) is 59.5 Å². The van der Waals surface area contributed by atoms with Gasteiger partial charge in [-0.2, -0.15) is 0 Å². The second-order valence-corrected chi connectivity index (χ2v) is 10.9. The summed E-state index contributed by atoms with van der Waals surface area (Å²) in [5.41, 5.74) is 0. The molecule has 0 aliphatic carbocycles. The molecule has 0 spiro atoms. The van der Waals surface area contributed by atoms with E-state index < -0.39 is 8.32 Å². The Bertz CT molecular complexity index is 248. The SMILES string of the molecule is C=CCC(CC/C=C/C)O[Si](C)(C)C(C)(C)C. The molecule has 2 heteroatoms. The number of hydrogen-bond acceptors (Lipinski definition) is 1. The van der Waals surface area contributed by atoms with E-state index in [0.29, 0.717) is 6.10 Å². The van der Waals surface area contributed by atoms with Gasteiger partial charge in [0.05, 0.1) is 0 Å². The molecule has 0 aromatic heterocycles. The first-order valence-corrected chi connectivity index (χ1v) is 9.55. The van der Waals surface area contributed by atoms with E-state index in [1.165, 1.54) is 0 Å². The highest BCUT2D eigenvalue weighted by molar-refractivity contribution is 6.74. The van der Waals surface area contributed by atoms with E-state index in [0.717, 1.165) is 19.3 Å². The molecule has 1 nitrogen and oxygen atoms in total. The molecule has 0 N–H and O–H groups in total. The van der Waals surface area contributed by atoms with Crippen molar-refractivity contribution in [3.63, 3.8) is 0 Å². The van der Waals surface area contributed by atoms with Crippen molar-refractivity contribution >= 4 is 8.32 Å². The minimum absolute atomic E-state index is 0.285. The van der Waals surface area contributed by atoms with Gasteiger partial charge in [-0.3, -0.25) is 0 Å². The molecule has 0 aromatic rings. The summed E-state index contributed by atoms with van der Waals surface area (Å²) in [7, 11) is -1.64. The van der Waals surface area contributed by atoms with Gasteiger partial charge in [-0.25, -0.2) is 0 Å². The Hall–Kier alpha value is -0.343. The maximum atomic E-state index is 6.42. The lowest BCUT2D eigenvalue weighted by Gasteiger charge is -2.39. The number of hydrogen-bond donors (Lipinski definition) is 0. The minimum Gasteiger partial charge on any atom is -0.414 e. The third kappa shape index (κ3) is 6.23. The quantitative estimate of drug-likeness (QED) is 0.442. The molecular formula is C15H30OSi. The highest BCUT2D eigenvalue weighted by atomic mass is 28.4. The van der Waals surface area contributed by atoms with E-state index >= 15 is 0 Å². The van der Waals surface area contributed by atoms with Crippen molar-refractivity contribution in [3.05, 3.63) is 24.8 Å². The van der Waals surface area contributed by atoms with Crippen molar-refractivity contribution in [1.29, 1.82) is 0 Å². The van der Waals surface area contributed by atoms with Crippen LogP contribution in [-0.2, 0) is 4.43 Å². The summed E-state index contributed by atoms with van der Waals surface area (Å²) >= 11 is 0. The molecule has 0 radical (unpaired) electrons. The predicted octanol–water partition coefficient (Wildman–Crippen LogP) is 5.31. The maximum Gasteiger partial charge on any atom is 0.192 e. The number of rotatable bonds is 7. The Labute approximate surface area is 109 Å². The largest absolute Gasteiger partial charge is 0.414 e. The lowest BCUT2D eigenvalue weighted by atomic mass is 10.1. The third-order valence-electron chi connectivity index (χ3n) is 3.59. The molecule has 0 heterocycles. The Morgan fingerprint density at radius 2 is 1.88 bits per heavy atom. The fraction of sp³-hybridized carbons (Fsp3) is 0.733. The molecule has 0 bridgehead atoms. The van der Waals surface area contributed by atoms with Gasteiger partial charge in [0.2, 0.25) is 0 Å². The Morgan fingerprint density at radius 3 is 2.29 bits per heavy atom. The monoisotopic (exact) mass is 254 g/mol. The second kappa shape index (κ2) is 7.17. The molecule has 0 saturated heterocycles. The van der Waals surface area contributed by atoms with Gasteiger partial charge >= 0.3 is 0 Å². The molecule has 0 aliphatic rings. The summed E-state index contributed by atoms with van der Waals surface area (Å²) in [5, 5.41) is 0.285. The van der Waals surface area contributed by atoms with Gasteiger partial charge in [-0.15, -0.1) is 6.58 Å². The zero-order valence-corrected chi connectivity index (χ0v) is 13.5. The van der Waals surface area contributed by atoms with Crippen molar-refractivity contribution in [1.82, 2.24) is 0 Å². The van der Waals surface area contributed by atoms with Crippen LogP contribution in [0.2, 0.25) is 18.1 Å². The molecule has 0 fully saturated rings. The van der Waals surface area contributed by atoms with Crippen LogP contribution in [0.5, 0.6) is 0 Å². The van der Waals surface area contributed by atoms with Crippen LogP contribution in [0.15, 0.2) is 24.8 Å². The maximum absolute atomic E-state index is 6.42. The van der Waals surface area contributed by atoms with Gasteiger partial charge < -0.3 is 4.43 Å². The highest BCUT2D eigenvalue weighted by Crippen LogP contribution is 2.38. The zero-order valence-electron chi connectivity index (χ0n) is 12.5. The molecule has 1 atom stereocenters. The summed E-state index contributed by atoms with van der Waals surface area (Å²) in [6.07, 6.45) is 9.80. The third-order valence-corrected chi connectivity index (χ3v) is 8.12. The predicted molar refractivity (Wildman–Crippen MR) is 80.9 cm³/mol. The second-order valence-electron chi connectivity index (χ2n) is 6.17. The van der Waals surface area contributed by atoms with Crippen molar-refractivity contribution in [2.75, 3.05) is 0 Å². The lowest BCUT2D eigenvalue weighted by molar-refractivity contribution is 0.175. The molecule has 0 rings (SSSR count). The van der Waals surface area contributed by atoms with Crippen LogP contribution in [0.25, 0.3) is 0 Å². The van der Waals surface area contributed by atoms with Gasteiger partial charge in [0.15, 0.2) is 8.32 Å². The van der Waals surface area contributed by atoms with Crippen LogP contribution in [0.1, 0.15) is 47.0 Å². The molecule has 0 aliphatic heterocycles. The molecular weight excluding hydrogens is 224 g/mol. The van der Waals surface area contributed by atoms with Crippen molar-refractivity contribution in [2.45, 2.75) is 71.2 Å². The fourth-order valence-corrected chi connectivity index (χ4v) is 2.85. The number of allylic oxidation sites excluding steroid dienone is 2. The first kappa shape index (κ1) is 16.7. The molecule has 0 saturated carbocycles. The molecule has 1 unspecified atom stereocenters.